The van der Waals surface area contributed by atoms with Gasteiger partial charge in [0, 0.05) is 18.6 Å². The molecule has 18 heteroatoms. The molecule has 2 aliphatic heterocycles. The van der Waals surface area contributed by atoms with Crippen molar-refractivity contribution < 1.29 is 64.6 Å². The summed E-state index contributed by atoms with van der Waals surface area (Å²) in [6.07, 6.45) is -19.7. The topological polar surface area (TPSA) is 332 Å². The van der Waals surface area contributed by atoms with Gasteiger partial charge in [-0.25, -0.2) is 0 Å². The van der Waals surface area contributed by atoms with Crippen molar-refractivity contribution in [2.75, 3.05) is 19.7 Å². The van der Waals surface area contributed by atoms with Crippen LogP contribution >= 0.6 is 0 Å². The molecule has 3 aliphatic rings. The zero-order chi connectivity index (χ0) is 29.9. The van der Waals surface area contributed by atoms with Crippen LogP contribution in [-0.4, -0.2) is 164 Å². The van der Waals surface area contributed by atoms with Crippen molar-refractivity contribution in [1.29, 1.82) is 0 Å². The largest absolute Gasteiger partial charge is 0.394 e. The van der Waals surface area contributed by atoms with Crippen molar-refractivity contribution >= 4 is 5.91 Å². The number of aliphatic hydroxyl groups is 8. The number of carbonyl (C=O) groups is 1. The highest BCUT2D eigenvalue weighted by atomic mass is 16.7. The Balaban J connectivity index is 1.75. The van der Waals surface area contributed by atoms with E-state index < -0.39 is 110 Å². The van der Waals surface area contributed by atoms with Crippen molar-refractivity contribution in [3.05, 3.63) is 0 Å². The minimum absolute atomic E-state index is 0.00101. The number of hydrogen-bond acceptors (Lipinski definition) is 17. The first-order valence-corrected chi connectivity index (χ1v) is 13.1. The van der Waals surface area contributed by atoms with E-state index in [2.05, 4.69) is 5.32 Å². The van der Waals surface area contributed by atoms with Crippen molar-refractivity contribution in [1.82, 2.24) is 5.32 Å². The molecule has 2 saturated heterocycles. The number of aliphatic hydroxyl groups excluding tert-OH is 8. The van der Waals surface area contributed by atoms with Gasteiger partial charge in [-0.3, -0.25) is 4.79 Å². The summed E-state index contributed by atoms with van der Waals surface area (Å²) < 4.78 is 22.4. The normalized spacial score (nSPS) is 47.0. The molecule has 0 aromatic rings. The molecule has 17 N–H and O–H groups in total. The molecule has 16 atom stereocenters. The minimum atomic E-state index is -1.76. The van der Waals surface area contributed by atoms with Crippen LogP contribution in [0.15, 0.2) is 0 Å². The Labute approximate surface area is 229 Å². The monoisotopic (exact) mass is 585 g/mol. The number of rotatable bonds is 10. The lowest BCUT2D eigenvalue weighted by atomic mass is 9.84. The van der Waals surface area contributed by atoms with E-state index in [1.165, 1.54) is 0 Å². The smallest absolute Gasteiger partial charge is 0.249 e. The van der Waals surface area contributed by atoms with Crippen molar-refractivity contribution in [3.8, 4) is 0 Å². The maximum Gasteiger partial charge on any atom is 0.249 e. The van der Waals surface area contributed by atoms with Crippen molar-refractivity contribution in [2.45, 2.75) is 111 Å². The Morgan fingerprint density at radius 1 is 0.825 bits per heavy atom. The van der Waals surface area contributed by atoms with Gasteiger partial charge in [0.2, 0.25) is 5.91 Å². The van der Waals surface area contributed by atoms with E-state index in [1.54, 1.807) is 0 Å². The summed E-state index contributed by atoms with van der Waals surface area (Å²) in [5, 5.41) is 85.0. The van der Waals surface area contributed by atoms with E-state index >= 15 is 0 Å². The van der Waals surface area contributed by atoms with Crippen LogP contribution in [0.3, 0.4) is 0 Å². The summed E-state index contributed by atoms with van der Waals surface area (Å²) in [6, 6.07) is -3.32. The zero-order valence-electron chi connectivity index (χ0n) is 21.7. The molecule has 0 radical (unpaired) electrons. The van der Waals surface area contributed by atoms with E-state index in [4.69, 9.17) is 41.9 Å². The number of nitrogens with one attached hydrogen (secondary N) is 1. The van der Waals surface area contributed by atoms with Gasteiger partial charge in [0.25, 0.3) is 0 Å². The fourth-order valence-corrected chi connectivity index (χ4v) is 5.09. The van der Waals surface area contributed by atoms with Crippen molar-refractivity contribution in [2.24, 2.45) is 22.9 Å². The molecular formula is C22H43N5O13. The lowest BCUT2D eigenvalue weighted by Gasteiger charge is -2.48. The average molecular weight is 586 g/mol. The highest BCUT2D eigenvalue weighted by Crippen LogP contribution is 2.31. The molecule has 40 heavy (non-hydrogen) atoms. The van der Waals surface area contributed by atoms with E-state index in [-0.39, 0.29) is 25.9 Å². The van der Waals surface area contributed by atoms with Gasteiger partial charge in [0.1, 0.15) is 67.1 Å². The average Bonchev–Trinajstić information content (AvgIpc) is 2.92. The molecule has 1 aliphatic carbocycles. The molecule has 3 fully saturated rings. The van der Waals surface area contributed by atoms with Gasteiger partial charge in [-0.2, -0.15) is 0 Å². The third-order valence-electron chi connectivity index (χ3n) is 7.48. The number of ether oxygens (including phenoxy) is 4. The fraction of sp³-hybridized carbons (Fsp3) is 0.955. The van der Waals surface area contributed by atoms with Crippen LogP contribution in [-0.2, 0) is 23.7 Å². The maximum absolute atomic E-state index is 12.3. The van der Waals surface area contributed by atoms with E-state index in [9.17, 15) is 45.6 Å². The molecule has 0 unspecified atom stereocenters. The second kappa shape index (κ2) is 14.3. The first-order chi connectivity index (χ1) is 18.9. The molecular weight excluding hydrogens is 542 g/mol. The first-order valence-electron chi connectivity index (χ1n) is 13.1. The second-order valence-electron chi connectivity index (χ2n) is 10.3. The Bertz CT molecular complexity index is 817. The Morgan fingerprint density at radius 2 is 1.38 bits per heavy atom. The van der Waals surface area contributed by atoms with Gasteiger partial charge in [-0.1, -0.05) is 0 Å². The molecule has 18 nitrogen and oxygen atoms in total. The summed E-state index contributed by atoms with van der Waals surface area (Å²) in [4.78, 5) is 12.3. The van der Waals surface area contributed by atoms with Crippen LogP contribution in [0.4, 0.5) is 0 Å². The third kappa shape index (κ3) is 7.06. The van der Waals surface area contributed by atoms with Crippen LogP contribution in [0.1, 0.15) is 12.8 Å². The van der Waals surface area contributed by atoms with Crippen LogP contribution < -0.4 is 28.3 Å². The number of carbonyl (C=O) groups excluding carboxylic acids is 1. The zero-order valence-corrected chi connectivity index (χ0v) is 21.7. The summed E-state index contributed by atoms with van der Waals surface area (Å²) >= 11 is 0. The highest BCUT2D eigenvalue weighted by Gasteiger charge is 2.52. The first kappa shape index (κ1) is 33.3. The third-order valence-corrected chi connectivity index (χ3v) is 7.48. The second-order valence-corrected chi connectivity index (χ2v) is 10.3. The molecule has 2 heterocycles. The van der Waals surface area contributed by atoms with Crippen molar-refractivity contribution in [3.63, 3.8) is 0 Å². The summed E-state index contributed by atoms with van der Waals surface area (Å²) in [7, 11) is 0. The molecule has 3 rings (SSSR count). The van der Waals surface area contributed by atoms with Gasteiger partial charge in [-0.15, -0.1) is 0 Å². The van der Waals surface area contributed by atoms with E-state index in [1.807, 2.05) is 0 Å². The lowest BCUT2D eigenvalue weighted by molar-refractivity contribution is -0.332. The lowest BCUT2D eigenvalue weighted by Crippen LogP contribution is -2.69. The molecule has 1 amide bonds. The quantitative estimate of drug-likeness (QED) is 0.113. The molecule has 0 bridgehead atoms. The number of hydrogen-bond donors (Lipinski definition) is 13. The predicted octanol–water partition coefficient (Wildman–Crippen LogP) is -8.42. The van der Waals surface area contributed by atoms with E-state index in [0.717, 1.165) is 0 Å². The number of amides is 1. The summed E-state index contributed by atoms with van der Waals surface area (Å²) in [5.74, 6) is -0.936. The highest BCUT2D eigenvalue weighted by molar-refractivity contribution is 5.80. The minimum Gasteiger partial charge on any atom is -0.394 e. The molecule has 1 saturated carbocycles. The Morgan fingerprint density at radius 3 is 1.90 bits per heavy atom. The molecule has 234 valence electrons. The Hall–Kier alpha value is -1.17. The van der Waals surface area contributed by atoms with E-state index in [0.29, 0.717) is 0 Å². The SMILES string of the molecule is NCC[C@H](O)C(=O)N[C@@H]1[C@@H](O)[C@@H](O[C@@H]2[C@@H](O)[C@@H](O[C@H]3O[C@@H](CN)[C@@H](O)[C@@H](O)[C@H]3O)[C@@H](N)C[C@H]2N)O[C@@H](CO)[C@H]1O. The maximum atomic E-state index is 12.3. The summed E-state index contributed by atoms with van der Waals surface area (Å²) in [5.41, 5.74) is 23.2. The van der Waals surface area contributed by atoms with Gasteiger partial charge >= 0.3 is 0 Å². The molecule has 0 aromatic carbocycles. The van der Waals surface area contributed by atoms with Crippen LogP contribution in [0.2, 0.25) is 0 Å². The van der Waals surface area contributed by atoms with Gasteiger partial charge in [0.05, 0.1) is 12.6 Å². The van der Waals surface area contributed by atoms with Gasteiger partial charge < -0.3 is 88.1 Å². The molecule has 0 spiro atoms. The standard InChI is InChI=1S/C22H43N5O13/c23-2-1-8(29)20(36)27-11-12(30)10(5-28)38-21(14(11)32)39-18-6(25)3-7(26)19(17(18)35)40-22-16(34)15(33)13(31)9(4-24)37-22/h6-19,21-22,28-35H,1-5,23-26H2,(H,27,36)/t6-,7+,8+,9+,10+,11+,12-,13-,14-,15-,16-,17-,18+,19+,21-,22-/m1/s1. The van der Waals surface area contributed by atoms with Gasteiger partial charge in [-0.05, 0) is 19.4 Å². The number of nitrogens with two attached hydrogens (primary N) is 4. The van der Waals surface area contributed by atoms with Gasteiger partial charge in [0.15, 0.2) is 12.6 Å². The fourth-order valence-electron chi connectivity index (χ4n) is 5.09. The summed E-state index contributed by atoms with van der Waals surface area (Å²) in [6.45, 7) is -0.957. The van der Waals surface area contributed by atoms with Crippen LogP contribution in [0, 0.1) is 0 Å². The van der Waals surface area contributed by atoms with Crippen LogP contribution in [0.25, 0.3) is 0 Å². The molecule has 0 aromatic heterocycles. The Kier molecular flexibility index (Phi) is 11.9. The van der Waals surface area contributed by atoms with Crippen LogP contribution in [0.5, 0.6) is 0 Å². The predicted molar refractivity (Wildman–Crippen MR) is 131 cm³/mol.